The topological polar surface area (TPSA) is 37.3 Å². The van der Waals surface area contributed by atoms with Crippen molar-refractivity contribution in [2.45, 2.75) is 38.5 Å². The molecule has 1 aliphatic carbocycles. The SMILES string of the molecule is O=C(O)CC1CCCCC1.[Ni]. The molecule has 0 aromatic rings. The van der Waals surface area contributed by atoms with Gasteiger partial charge in [0.2, 0.25) is 0 Å². The summed E-state index contributed by atoms with van der Waals surface area (Å²) in [5.41, 5.74) is 0. The van der Waals surface area contributed by atoms with Crippen molar-refractivity contribution in [1.29, 1.82) is 0 Å². The van der Waals surface area contributed by atoms with Crippen LogP contribution in [0.15, 0.2) is 0 Å². The van der Waals surface area contributed by atoms with E-state index in [1.807, 2.05) is 0 Å². The Kier molecular flexibility index (Phi) is 5.57. The molecule has 1 saturated carbocycles. The van der Waals surface area contributed by atoms with Gasteiger partial charge in [-0.2, -0.15) is 0 Å². The molecule has 0 atom stereocenters. The first-order valence-electron chi connectivity index (χ1n) is 4.01. The van der Waals surface area contributed by atoms with Crippen LogP contribution in [0.25, 0.3) is 0 Å². The number of hydrogen-bond donors (Lipinski definition) is 1. The summed E-state index contributed by atoms with van der Waals surface area (Å²) >= 11 is 0. The van der Waals surface area contributed by atoms with Gasteiger partial charge < -0.3 is 5.11 Å². The molecule has 0 aromatic heterocycles. The molecular formula is C8H14NiO2. The molecule has 0 aromatic carbocycles. The summed E-state index contributed by atoms with van der Waals surface area (Å²) in [4.78, 5) is 10.3. The third-order valence-electron chi connectivity index (χ3n) is 2.19. The second-order valence-corrected chi connectivity index (χ2v) is 3.10. The standard InChI is InChI=1S/C8H14O2.Ni/c9-8(10)6-7-4-2-1-3-5-7;/h7H,1-6H2,(H,9,10);. The normalized spacial score (nSPS) is 18.9. The zero-order valence-electron chi connectivity index (χ0n) is 6.49. The van der Waals surface area contributed by atoms with Crippen molar-refractivity contribution in [3.63, 3.8) is 0 Å². The van der Waals surface area contributed by atoms with Crippen molar-refractivity contribution in [3.05, 3.63) is 0 Å². The predicted molar refractivity (Wildman–Crippen MR) is 38.8 cm³/mol. The first kappa shape index (κ1) is 11.0. The van der Waals surface area contributed by atoms with E-state index in [1.165, 1.54) is 19.3 Å². The van der Waals surface area contributed by atoms with Gasteiger partial charge in [0.15, 0.2) is 0 Å². The van der Waals surface area contributed by atoms with Crippen LogP contribution in [-0.4, -0.2) is 11.1 Å². The van der Waals surface area contributed by atoms with Crippen LogP contribution in [0, 0.1) is 5.92 Å². The van der Waals surface area contributed by atoms with Crippen molar-refractivity contribution in [1.82, 2.24) is 0 Å². The Morgan fingerprint density at radius 3 is 2.27 bits per heavy atom. The molecule has 11 heavy (non-hydrogen) atoms. The molecule has 0 aliphatic heterocycles. The summed E-state index contributed by atoms with van der Waals surface area (Å²) in [5.74, 6) is -0.154. The van der Waals surface area contributed by atoms with Crippen LogP contribution >= 0.6 is 0 Å². The Balaban J connectivity index is 0.000001000. The maximum Gasteiger partial charge on any atom is 0.303 e. The number of rotatable bonds is 2. The van der Waals surface area contributed by atoms with E-state index in [2.05, 4.69) is 0 Å². The smallest absolute Gasteiger partial charge is 0.303 e. The van der Waals surface area contributed by atoms with Crippen molar-refractivity contribution in [2.75, 3.05) is 0 Å². The maximum absolute atomic E-state index is 10.3. The molecule has 2 nitrogen and oxygen atoms in total. The zero-order chi connectivity index (χ0) is 7.40. The molecule has 0 radical (unpaired) electrons. The van der Waals surface area contributed by atoms with Gasteiger partial charge in [0.1, 0.15) is 0 Å². The maximum atomic E-state index is 10.3. The monoisotopic (exact) mass is 200 g/mol. The van der Waals surface area contributed by atoms with Crippen LogP contribution in [0.3, 0.4) is 0 Å². The molecule has 1 fully saturated rings. The molecule has 3 heteroatoms. The molecule has 1 N–H and O–H groups in total. The van der Waals surface area contributed by atoms with Crippen LogP contribution < -0.4 is 0 Å². The quantitative estimate of drug-likeness (QED) is 0.693. The molecule has 68 valence electrons. The second-order valence-electron chi connectivity index (χ2n) is 3.10. The van der Waals surface area contributed by atoms with Crippen LogP contribution in [0.5, 0.6) is 0 Å². The number of carboxylic acid groups (broad SMARTS) is 1. The molecule has 0 amide bonds. The van der Waals surface area contributed by atoms with Crippen molar-refractivity contribution >= 4 is 5.97 Å². The second kappa shape index (κ2) is 5.59. The zero-order valence-corrected chi connectivity index (χ0v) is 7.48. The Bertz CT molecular complexity index is 119. The molecular weight excluding hydrogens is 187 g/mol. The molecule has 0 bridgehead atoms. The average Bonchev–Trinajstić information content (AvgIpc) is 1.88. The summed E-state index contributed by atoms with van der Waals surface area (Å²) in [6, 6.07) is 0. The first-order valence-corrected chi connectivity index (χ1v) is 4.01. The van der Waals surface area contributed by atoms with E-state index in [1.54, 1.807) is 0 Å². The fourth-order valence-electron chi connectivity index (χ4n) is 1.64. The summed E-state index contributed by atoms with van der Waals surface area (Å²) < 4.78 is 0. The van der Waals surface area contributed by atoms with Crippen molar-refractivity contribution in [3.8, 4) is 0 Å². The number of hydrogen-bond acceptors (Lipinski definition) is 1. The molecule has 0 unspecified atom stereocenters. The fraction of sp³-hybridized carbons (Fsp3) is 0.875. The molecule has 1 rings (SSSR count). The first-order chi connectivity index (χ1) is 4.79. The Hall–Kier alpha value is -0.0365. The van der Waals surface area contributed by atoms with Gasteiger partial charge in [-0.1, -0.05) is 19.3 Å². The van der Waals surface area contributed by atoms with E-state index in [9.17, 15) is 4.79 Å². The van der Waals surface area contributed by atoms with Gasteiger partial charge >= 0.3 is 5.97 Å². The number of aliphatic carboxylic acids is 1. The van der Waals surface area contributed by atoms with Gasteiger partial charge in [0, 0.05) is 22.9 Å². The Morgan fingerprint density at radius 1 is 1.27 bits per heavy atom. The van der Waals surface area contributed by atoms with Gasteiger partial charge in [-0.05, 0) is 18.8 Å². The minimum absolute atomic E-state index is 0. The Labute approximate surface area is 77.3 Å². The van der Waals surface area contributed by atoms with Crippen LogP contribution in [0.4, 0.5) is 0 Å². The number of carbonyl (C=O) groups is 1. The largest absolute Gasteiger partial charge is 0.481 e. The molecule has 0 heterocycles. The summed E-state index contributed by atoms with van der Waals surface area (Å²) in [6.07, 6.45) is 6.42. The predicted octanol–water partition coefficient (Wildman–Crippen LogP) is 2.04. The van der Waals surface area contributed by atoms with Gasteiger partial charge in [-0.3, -0.25) is 4.79 Å². The average molecular weight is 201 g/mol. The minimum atomic E-state index is -0.632. The van der Waals surface area contributed by atoms with Gasteiger partial charge in [0.25, 0.3) is 0 Å². The van der Waals surface area contributed by atoms with Gasteiger partial charge in [-0.25, -0.2) is 0 Å². The van der Waals surface area contributed by atoms with E-state index in [0.717, 1.165) is 12.8 Å². The molecule has 1 aliphatic rings. The van der Waals surface area contributed by atoms with Crippen molar-refractivity contribution < 1.29 is 26.4 Å². The fourth-order valence-corrected chi connectivity index (χ4v) is 1.64. The van der Waals surface area contributed by atoms with Crippen LogP contribution in [0.1, 0.15) is 38.5 Å². The minimum Gasteiger partial charge on any atom is -0.481 e. The Morgan fingerprint density at radius 2 is 1.82 bits per heavy atom. The number of carboxylic acids is 1. The van der Waals surface area contributed by atoms with E-state index in [4.69, 9.17) is 5.11 Å². The van der Waals surface area contributed by atoms with Crippen LogP contribution in [-0.2, 0) is 21.3 Å². The van der Waals surface area contributed by atoms with Crippen molar-refractivity contribution in [2.24, 2.45) is 5.92 Å². The van der Waals surface area contributed by atoms with E-state index in [0.29, 0.717) is 12.3 Å². The third-order valence-corrected chi connectivity index (χ3v) is 2.19. The molecule has 0 saturated heterocycles. The third kappa shape index (κ3) is 4.41. The van der Waals surface area contributed by atoms with E-state index >= 15 is 0 Å². The van der Waals surface area contributed by atoms with E-state index < -0.39 is 5.97 Å². The summed E-state index contributed by atoms with van der Waals surface area (Å²) in [5, 5.41) is 8.47. The van der Waals surface area contributed by atoms with Crippen LogP contribution in [0.2, 0.25) is 0 Å². The molecule has 0 spiro atoms. The summed E-state index contributed by atoms with van der Waals surface area (Å²) in [6.45, 7) is 0. The summed E-state index contributed by atoms with van der Waals surface area (Å²) in [7, 11) is 0. The van der Waals surface area contributed by atoms with Gasteiger partial charge in [0.05, 0.1) is 0 Å². The van der Waals surface area contributed by atoms with E-state index in [-0.39, 0.29) is 16.5 Å². The van der Waals surface area contributed by atoms with Gasteiger partial charge in [-0.15, -0.1) is 0 Å².